The lowest BCUT2D eigenvalue weighted by Crippen LogP contribution is -2.19. The van der Waals surface area contributed by atoms with Gasteiger partial charge in [0.15, 0.2) is 0 Å². The predicted molar refractivity (Wildman–Crippen MR) is 80.6 cm³/mol. The fourth-order valence-corrected chi connectivity index (χ4v) is 1.75. The van der Waals surface area contributed by atoms with Crippen LogP contribution in [0, 0.1) is 10.1 Å². The van der Waals surface area contributed by atoms with Crippen LogP contribution >= 0.6 is 0 Å². The minimum Gasteiger partial charge on any atom is -0.507 e. The molecule has 22 heavy (non-hydrogen) atoms. The van der Waals surface area contributed by atoms with Crippen molar-refractivity contribution in [2.75, 3.05) is 0 Å². The van der Waals surface area contributed by atoms with Crippen molar-refractivity contribution in [2.45, 2.75) is 6.42 Å². The molecule has 0 atom stereocenters. The molecule has 0 saturated carbocycles. The third-order valence-electron chi connectivity index (χ3n) is 2.82. The summed E-state index contributed by atoms with van der Waals surface area (Å²) in [6, 6.07) is 12.7. The number of phenols is 1. The summed E-state index contributed by atoms with van der Waals surface area (Å²) < 4.78 is 0. The minimum atomic E-state index is -0.579. The summed E-state index contributed by atoms with van der Waals surface area (Å²) in [6.45, 7) is 0. The van der Waals surface area contributed by atoms with E-state index in [1.807, 2.05) is 30.3 Å². The van der Waals surface area contributed by atoms with Gasteiger partial charge < -0.3 is 5.11 Å². The van der Waals surface area contributed by atoms with E-state index in [9.17, 15) is 20.0 Å². The molecule has 112 valence electrons. The van der Waals surface area contributed by atoms with Crippen LogP contribution in [0.5, 0.6) is 5.75 Å². The van der Waals surface area contributed by atoms with Crippen LogP contribution < -0.4 is 5.43 Å². The Morgan fingerprint density at radius 2 is 2.00 bits per heavy atom. The van der Waals surface area contributed by atoms with Crippen LogP contribution in [-0.2, 0) is 11.2 Å². The lowest BCUT2D eigenvalue weighted by molar-refractivity contribution is -0.384. The average Bonchev–Trinajstić information content (AvgIpc) is 2.50. The molecule has 2 N–H and O–H groups in total. The van der Waals surface area contributed by atoms with Crippen LogP contribution in [0.25, 0.3) is 0 Å². The molecule has 0 aliphatic heterocycles. The first kappa shape index (κ1) is 15.2. The molecule has 7 heteroatoms. The molecule has 7 nitrogen and oxygen atoms in total. The Morgan fingerprint density at radius 1 is 1.27 bits per heavy atom. The Bertz CT molecular complexity index is 714. The van der Waals surface area contributed by atoms with Gasteiger partial charge in [-0.1, -0.05) is 30.3 Å². The smallest absolute Gasteiger partial charge is 0.270 e. The molecule has 2 aromatic rings. The van der Waals surface area contributed by atoms with Gasteiger partial charge in [-0.15, -0.1) is 0 Å². The van der Waals surface area contributed by atoms with E-state index in [0.29, 0.717) is 0 Å². The monoisotopic (exact) mass is 299 g/mol. The van der Waals surface area contributed by atoms with Gasteiger partial charge in [0.1, 0.15) is 5.75 Å². The first-order valence-electron chi connectivity index (χ1n) is 6.39. The highest BCUT2D eigenvalue weighted by Crippen LogP contribution is 2.21. The fraction of sp³-hybridized carbons (Fsp3) is 0.0667. The van der Waals surface area contributed by atoms with Gasteiger partial charge in [-0.2, -0.15) is 5.10 Å². The summed E-state index contributed by atoms with van der Waals surface area (Å²) in [5.74, 6) is -0.487. The average molecular weight is 299 g/mol. The highest BCUT2D eigenvalue weighted by molar-refractivity contribution is 5.86. The molecule has 1 amide bonds. The maximum atomic E-state index is 11.7. The molecule has 0 heterocycles. The number of nitro benzene ring substituents is 1. The topological polar surface area (TPSA) is 105 Å². The molecule has 0 bridgehead atoms. The SMILES string of the molecule is O=C(Cc1ccccc1)N/N=C/c1cc([N+](=O)[O-])ccc1O. The Hall–Kier alpha value is -3.22. The number of aromatic hydroxyl groups is 1. The summed E-state index contributed by atoms with van der Waals surface area (Å²) in [4.78, 5) is 21.7. The molecule has 2 rings (SSSR count). The number of carbonyl (C=O) groups is 1. The minimum absolute atomic E-state index is 0.147. The number of carbonyl (C=O) groups excluding carboxylic acids is 1. The van der Waals surface area contributed by atoms with Crippen molar-refractivity contribution < 1.29 is 14.8 Å². The summed E-state index contributed by atoms with van der Waals surface area (Å²) in [6.07, 6.45) is 1.32. The molecule has 0 aliphatic carbocycles. The second-order valence-electron chi connectivity index (χ2n) is 4.46. The highest BCUT2D eigenvalue weighted by Gasteiger charge is 2.09. The Kier molecular flexibility index (Phi) is 4.81. The summed E-state index contributed by atoms with van der Waals surface area (Å²) in [7, 11) is 0. The number of hydrogen-bond acceptors (Lipinski definition) is 5. The molecule has 0 aliphatic rings. The number of benzene rings is 2. The van der Waals surface area contributed by atoms with Gasteiger partial charge in [-0.3, -0.25) is 14.9 Å². The van der Waals surface area contributed by atoms with E-state index >= 15 is 0 Å². The second-order valence-corrected chi connectivity index (χ2v) is 4.46. The number of hydrazone groups is 1. The van der Waals surface area contributed by atoms with E-state index in [0.717, 1.165) is 11.8 Å². The summed E-state index contributed by atoms with van der Waals surface area (Å²) in [5.41, 5.74) is 3.12. The van der Waals surface area contributed by atoms with Crippen LogP contribution in [0.1, 0.15) is 11.1 Å². The lowest BCUT2D eigenvalue weighted by Gasteiger charge is -2.01. The number of rotatable bonds is 5. The van der Waals surface area contributed by atoms with E-state index in [1.54, 1.807) is 0 Å². The second kappa shape index (κ2) is 6.98. The molecular formula is C15H13N3O4. The van der Waals surface area contributed by atoms with Crippen molar-refractivity contribution >= 4 is 17.8 Å². The Labute approximate surface area is 126 Å². The molecule has 0 saturated heterocycles. The van der Waals surface area contributed by atoms with Crippen LogP contribution in [0.15, 0.2) is 53.6 Å². The van der Waals surface area contributed by atoms with Crippen molar-refractivity contribution in [3.63, 3.8) is 0 Å². The normalized spacial score (nSPS) is 10.5. The fourth-order valence-electron chi connectivity index (χ4n) is 1.75. The van der Waals surface area contributed by atoms with Crippen molar-refractivity contribution in [1.82, 2.24) is 5.43 Å². The zero-order valence-corrected chi connectivity index (χ0v) is 11.5. The van der Waals surface area contributed by atoms with E-state index in [2.05, 4.69) is 10.5 Å². The third-order valence-corrected chi connectivity index (χ3v) is 2.82. The van der Waals surface area contributed by atoms with Gasteiger partial charge in [0.2, 0.25) is 5.91 Å². The molecular weight excluding hydrogens is 286 g/mol. The van der Waals surface area contributed by atoms with Crippen molar-refractivity contribution in [1.29, 1.82) is 0 Å². The van der Waals surface area contributed by atoms with E-state index in [4.69, 9.17) is 0 Å². The zero-order valence-electron chi connectivity index (χ0n) is 11.5. The maximum Gasteiger partial charge on any atom is 0.270 e. The number of nitrogens with zero attached hydrogens (tertiary/aromatic N) is 2. The molecule has 0 radical (unpaired) electrons. The van der Waals surface area contributed by atoms with Gasteiger partial charge in [-0.05, 0) is 11.6 Å². The first-order valence-corrected chi connectivity index (χ1v) is 6.39. The van der Waals surface area contributed by atoms with E-state index in [1.165, 1.54) is 18.2 Å². The van der Waals surface area contributed by atoms with Crippen molar-refractivity contribution in [3.8, 4) is 5.75 Å². The van der Waals surface area contributed by atoms with Gasteiger partial charge in [0, 0.05) is 17.7 Å². The van der Waals surface area contributed by atoms with Gasteiger partial charge in [0.25, 0.3) is 5.69 Å². The van der Waals surface area contributed by atoms with Crippen molar-refractivity contribution in [2.24, 2.45) is 5.10 Å². The van der Waals surface area contributed by atoms with E-state index in [-0.39, 0.29) is 29.3 Å². The van der Waals surface area contributed by atoms with Crippen LogP contribution in [0.2, 0.25) is 0 Å². The number of nitrogens with one attached hydrogen (secondary N) is 1. The number of hydrogen-bond donors (Lipinski definition) is 2. The van der Waals surface area contributed by atoms with Crippen LogP contribution in [0.4, 0.5) is 5.69 Å². The zero-order chi connectivity index (χ0) is 15.9. The first-order chi connectivity index (χ1) is 10.6. The standard InChI is InChI=1S/C15H13N3O4/c19-14-7-6-13(18(21)22)9-12(14)10-16-17-15(20)8-11-4-2-1-3-5-11/h1-7,9-10,19H,8H2,(H,17,20)/b16-10+. The molecule has 0 fully saturated rings. The van der Waals surface area contributed by atoms with E-state index < -0.39 is 4.92 Å². The van der Waals surface area contributed by atoms with Gasteiger partial charge in [-0.25, -0.2) is 5.43 Å². The predicted octanol–water partition coefficient (Wildman–Crippen LogP) is 1.99. The quantitative estimate of drug-likeness (QED) is 0.500. The molecule has 0 aromatic heterocycles. The molecule has 0 unspecified atom stereocenters. The lowest BCUT2D eigenvalue weighted by atomic mass is 10.1. The highest BCUT2D eigenvalue weighted by atomic mass is 16.6. The van der Waals surface area contributed by atoms with Gasteiger partial charge in [0.05, 0.1) is 17.6 Å². The molecule has 2 aromatic carbocycles. The summed E-state index contributed by atoms with van der Waals surface area (Å²) >= 11 is 0. The largest absolute Gasteiger partial charge is 0.507 e. The van der Waals surface area contributed by atoms with Crippen LogP contribution in [0.3, 0.4) is 0 Å². The Morgan fingerprint density at radius 3 is 2.68 bits per heavy atom. The third kappa shape index (κ3) is 4.14. The molecule has 0 spiro atoms. The number of amides is 1. The number of phenolic OH excluding ortho intramolecular Hbond substituents is 1. The van der Waals surface area contributed by atoms with Crippen LogP contribution in [-0.4, -0.2) is 22.2 Å². The van der Waals surface area contributed by atoms with Gasteiger partial charge >= 0.3 is 0 Å². The summed E-state index contributed by atoms with van der Waals surface area (Å²) in [5, 5.41) is 23.9. The van der Waals surface area contributed by atoms with Crippen molar-refractivity contribution in [3.05, 3.63) is 69.8 Å². The number of nitro groups is 1. The maximum absolute atomic E-state index is 11.7. The Balaban J connectivity index is 1.99. The number of non-ortho nitro benzene ring substituents is 1.